The zero-order valence-electron chi connectivity index (χ0n) is 30.8. The maximum atomic E-state index is 13.3. The largest absolute Gasteiger partial charge is 0.507 e. The molecule has 4 saturated heterocycles. The van der Waals surface area contributed by atoms with Crippen LogP contribution in [-0.4, -0.2) is 114 Å². The molecule has 55 heavy (non-hydrogen) atoms. The molecule has 3 aromatic carbocycles. The van der Waals surface area contributed by atoms with Crippen LogP contribution in [0.5, 0.6) is 11.5 Å². The minimum atomic E-state index is -0.393. The molecule has 8 rings (SSSR count). The number of carbonyl (C=O) groups is 3. The van der Waals surface area contributed by atoms with E-state index in [1.165, 1.54) is 5.56 Å². The molecular formula is C41H47N9O5. The van der Waals surface area contributed by atoms with Crippen LogP contribution in [0.1, 0.15) is 37.2 Å². The van der Waals surface area contributed by atoms with Crippen molar-refractivity contribution in [2.75, 3.05) is 79.8 Å². The van der Waals surface area contributed by atoms with Crippen molar-refractivity contribution in [2.45, 2.75) is 43.7 Å². The molecule has 4 aliphatic rings. The third-order valence-electron chi connectivity index (χ3n) is 11.2. The number of rotatable bonds is 10. The number of hydrogen-bond acceptors (Lipinski definition) is 12. The van der Waals surface area contributed by atoms with E-state index in [1.54, 1.807) is 18.2 Å². The molecule has 4 fully saturated rings. The van der Waals surface area contributed by atoms with Gasteiger partial charge in [-0.2, -0.15) is 0 Å². The lowest BCUT2D eigenvalue weighted by atomic mass is 9.89. The molecule has 0 aliphatic carbocycles. The Morgan fingerprint density at radius 3 is 2.38 bits per heavy atom. The summed E-state index contributed by atoms with van der Waals surface area (Å²) in [6.45, 7) is 6.39. The van der Waals surface area contributed by atoms with Crippen LogP contribution in [0.15, 0.2) is 78.9 Å². The number of carbonyl (C=O) groups excluding carboxylic acids is 3. The fraction of sp³-hybridized carbons (Fsp3) is 0.390. The quantitative estimate of drug-likeness (QED) is 0.175. The summed E-state index contributed by atoms with van der Waals surface area (Å²) in [5, 5.41) is 24.2. The molecule has 286 valence electrons. The number of anilines is 4. The van der Waals surface area contributed by atoms with Crippen molar-refractivity contribution in [2.24, 2.45) is 0 Å². The summed E-state index contributed by atoms with van der Waals surface area (Å²) < 4.78 is 6.35. The highest BCUT2D eigenvalue weighted by Crippen LogP contribution is 2.34. The van der Waals surface area contributed by atoms with Gasteiger partial charge in [-0.25, -0.2) is 0 Å². The van der Waals surface area contributed by atoms with Gasteiger partial charge in [0.1, 0.15) is 23.6 Å². The van der Waals surface area contributed by atoms with Gasteiger partial charge in [0.25, 0.3) is 0 Å². The third-order valence-corrected chi connectivity index (χ3v) is 11.2. The fourth-order valence-corrected chi connectivity index (χ4v) is 7.94. The average molecular weight is 746 g/mol. The van der Waals surface area contributed by atoms with Crippen molar-refractivity contribution in [1.29, 1.82) is 0 Å². The average Bonchev–Trinajstić information content (AvgIpc) is 3.19. The van der Waals surface area contributed by atoms with Gasteiger partial charge in [0, 0.05) is 55.6 Å². The van der Waals surface area contributed by atoms with E-state index in [4.69, 9.17) is 10.5 Å². The van der Waals surface area contributed by atoms with Crippen molar-refractivity contribution in [3.05, 3.63) is 84.4 Å². The summed E-state index contributed by atoms with van der Waals surface area (Å²) in [6.07, 6.45) is 2.83. The number of imide groups is 1. The second-order valence-electron chi connectivity index (χ2n) is 14.8. The Morgan fingerprint density at radius 1 is 0.873 bits per heavy atom. The number of para-hydroxylation sites is 1. The van der Waals surface area contributed by atoms with Gasteiger partial charge in [-0.05, 0) is 86.3 Å². The Kier molecular flexibility index (Phi) is 10.4. The summed E-state index contributed by atoms with van der Waals surface area (Å²) in [5.41, 5.74) is 11.3. The van der Waals surface area contributed by atoms with Crippen LogP contribution in [0.25, 0.3) is 11.3 Å². The van der Waals surface area contributed by atoms with Gasteiger partial charge in [-0.1, -0.05) is 30.3 Å². The van der Waals surface area contributed by atoms with E-state index in [9.17, 15) is 19.5 Å². The number of hydrogen-bond donors (Lipinski definition) is 4. The Balaban J connectivity index is 0.764. The molecule has 14 nitrogen and oxygen atoms in total. The highest BCUT2D eigenvalue weighted by molar-refractivity contribution is 6.01. The summed E-state index contributed by atoms with van der Waals surface area (Å²) in [4.78, 5) is 45.5. The number of phenols is 1. The van der Waals surface area contributed by atoms with Crippen LogP contribution in [0.4, 0.5) is 22.9 Å². The van der Waals surface area contributed by atoms with Gasteiger partial charge in [0.2, 0.25) is 17.7 Å². The Hall–Kier alpha value is -5.89. The molecule has 14 heteroatoms. The van der Waals surface area contributed by atoms with Crippen LogP contribution in [0, 0.1) is 0 Å². The van der Waals surface area contributed by atoms with E-state index in [-0.39, 0.29) is 29.6 Å². The normalized spacial score (nSPS) is 19.9. The molecule has 4 aliphatic heterocycles. The van der Waals surface area contributed by atoms with Gasteiger partial charge in [0.15, 0.2) is 5.82 Å². The molecule has 1 unspecified atom stereocenters. The number of piperidine rings is 2. The lowest BCUT2D eigenvalue weighted by molar-refractivity contribution is -0.134. The van der Waals surface area contributed by atoms with Crippen molar-refractivity contribution in [3.8, 4) is 22.8 Å². The molecule has 0 radical (unpaired) electrons. The minimum absolute atomic E-state index is 0.00866. The van der Waals surface area contributed by atoms with Gasteiger partial charge in [-0.15, -0.1) is 10.2 Å². The first-order valence-corrected chi connectivity index (χ1v) is 19.1. The highest BCUT2D eigenvalue weighted by Gasteiger charge is 2.32. The topological polar surface area (TPSA) is 169 Å². The second kappa shape index (κ2) is 15.8. The number of aromatic nitrogens is 2. The molecule has 1 aromatic heterocycles. The van der Waals surface area contributed by atoms with Crippen molar-refractivity contribution >= 4 is 40.6 Å². The van der Waals surface area contributed by atoms with Crippen molar-refractivity contribution in [3.63, 3.8) is 0 Å². The zero-order valence-corrected chi connectivity index (χ0v) is 30.8. The van der Waals surface area contributed by atoms with Crippen LogP contribution in [0.2, 0.25) is 0 Å². The Morgan fingerprint density at radius 2 is 1.64 bits per heavy atom. The van der Waals surface area contributed by atoms with Crippen LogP contribution in [-0.2, 0) is 14.4 Å². The van der Waals surface area contributed by atoms with E-state index in [2.05, 4.69) is 59.8 Å². The summed E-state index contributed by atoms with van der Waals surface area (Å²) in [6, 6.07) is 24.9. The first-order chi connectivity index (χ1) is 26.8. The molecule has 0 saturated carbocycles. The third kappa shape index (κ3) is 8.29. The second-order valence-corrected chi connectivity index (χ2v) is 14.8. The lowest BCUT2D eigenvalue weighted by Gasteiger charge is -2.41. The molecule has 0 spiro atoms. The maximum absolute atomic E-state index is 13.3. The minimum Gasteiger partial charge on any atom is -0.507 e. The highest BCUT2D eigenvalue weighted by atomic mass is 16.5. The number of nitrogens with two attached hydrogens (primary N) is 1. The predicted molar refractivity (Wildman–Crippen MR) is 210 cm³/mol. The number of nitrogens with zero attached hydrogens (tertiary/aromatic N) is 6. The van der Waals surface area contributed by atoms with Gasteiger partial charge >= 0.3 is 0 Å². The molecule has 5 N–H and O–H groups in total. The van der Waals surface area contributed by atoms with Gasteiger partial charge < -0.3 is 35.6 Å². The standard InChI is InChI=1S/C41H47N9O5/c42-40-36(23-35(45-46-40)33-6-1-2-7-37(33)51)50-24-32(25-50)55-31-5-3-4-30(22-31)48-18-20-49(21-19-48)39(53)26-47-16-14-28(15-17-47)27-8-10-29(11-9-27)43-34-12-13-38(52)44-41(34)54/h1-11,22-23,28,32,34,43,51H,12-21,24-26H2,(H2,42,46)(H,44,52,54). The van der Waals surface area contributed by atoms with Gasteiger partial charge in [-0.3, -0.25) is 24.6 Å². The van der Waals surface area contributed by atoms with E-state index in [0.29, 0.717) is 68.6 Å². The first-order valence-electron chi connectivity index (χ1n) is 19.1. The van der Waals surface area contributed by atoms with Crippen LogP contribution in [0.3, 0.4) is 0 Å². The molecular weight excluding hydrogens is 699 g/mol. The SMILES string of the molecule is Nc1nnc(-c2ccccc2O)cc1N1CC(Oc2cccc(N3CCN(C(=O)CN4CCC(c5ccc(NC6CCC(=O)NC6=O)cc5)CC4)CC3)c2)C1. The Labute approximate surface area is 320 Å². The van der Waals surface area contributed by atoms with Crippen LogP contribution < -0.4 is 30.9 Å². The maximum Gasteiger partial charge on any atom is 0.249 e. The van der Waals surface area contributed by atoms with E-state index in [1.807, 2.05) is 41.3 Å². The first kappa shape index (κ1) is 36.1. The molecule has 1 atom stereocenters. The summed E-state index contributed by atoms with van der Waals surface area (Å²) in [7, 11) is 0. The van der Waals surface area contributed by atoms with Gasteiger partial charge in [0.05, 0.1) is 31.0 Å². The number of ether oxygens (including phenoxy) is 1. The monoisotopic (exact) mass is 745 g/mol. The lowest BCUT2D eigenvalue weighted by Crippen LogP contribution is -2.54. The number of aromatic hydroxyl groups is 1. The number of nitrogen functional groups attached to an aromatic ring is 1. The summed E-state index contributed by atoms with van der Waals surface area (Å²) >= 11 is 0. The number of benzene rings is 3. The number of likely N-dealkylation sites (tertiary alicyclic amines) is 1. The molecule has 3 amide bonds. The van der Waals surface area contributed by atoms with E-state index < -0.39 is 6.04 Å². The van der Waals surface area contributed by atoms with Crippen LogP contribution >= 0.6 is 0 Å². The summed E-state index contributed by atoms with van der Waals surface area (Å²) in [5.74, 6) is 1.42. The predicted octanol–water partition coefficient (Wildman–Crippen LogP) is 3.44. The number of nitrogens with one attached hydrogen (secondary N) is 2. The zero-order chi connectivity index (χ0) is 37.9. The molecule has 5 heterocycles. The van der Waals surface area contributed by atoms with Crippen molar-refractivity contribution < 1.29 is 24.2 Å². The molecule has 4 aromatic rings. The molecule has 0 bridgehead atoms. The van der Waals surface area contributed by atoms with E-state index >= 15 is 0 Å². The number of amides is 3. The number of piperazine rings is 1. The fourth-order valence-electron chi connectivity index (χ4n) is 7.94. The van der Waals surface area contributed by atoms with Crippen molar-refractivity contribution in [1.82, 2.24) is 25.3 Å². The Bertz CT molecular complexity index is 2020. The number of phenolic OH excluding ortho intramolecular Hbond substituents is 1. The van der Waals surface area contributed by atoms with E-state index in [0.717, 1.165) is 61.8 Å². The smallest absolute Gasteiger partial charge is 0.249 e.